The number of nitrogens with one attached hydrogen (secondary N) is 1. The Morgan fingerprint density at radius 3 is 2.48 bits per heavy atom. The number of halogens is 1. The van der Waals surface area contributed by atoms with Crippen LogP contribution in [0.2, 0.25) is 5.15 Å². The maximum Gasteiger partial charge on any atom is 0.257 e. The molecule has 1 heterocycles. The minimum atomic E-state index is -1.52. The van der Waals surface area contributed by atoms with Gasteiger partial charge in [-0.05, 0) is 35.9 Å². The second kappa shape index (κ2) is 8.79. The molecular formula is C20H17ClN2O3S. The molecule has 0 aliphatic rings. The van der Waals surface area contributed by atoms with Crippen molar-refractivity contribution in [1.29, 1.82) is 0 Å². The average Bonchev–Trinajstić information content (AvgIpc) is 2.69. The maximum absolute atomic E-state index is 12.9. The third-order valence-electron chi connectivity index (χ3n) is 3.82. The molecule has 0 bridgehead atoms. The first-order valence-corrected chi connectivity index (χ1v) is 9.80. The lowest BCUT2D eigenvalue weighted by Gasteiger charge is -2.11. The van der Waals surface area contributed by atoms with E-state index in [0.29, 0.717) is 11.4 Å². The van der Waals surface area contributed by atoms with Gasteiger partial charge in [0.15, 0.2) is 0 Å². The van der Waals surface area contributed by atoms with Gasteiger partial charge >= 0.3 is 0 Å². The van der Waals surface area contributed by atoms with Gasteiger partial charge in [-0.3, -0.25) is 9.00 Å². The number of benzene rings is 2. The third-order valence-corrected chi connectivity index (χ3v) is 5.68. The number of carbonyl (C=O) groups is 1. The number of methoxy groups -OCH3 is 1. The summed E-state index contributed by atoms with van der Waals surface area (Å²) in [6.45, 7) is 0. The summed E-state index contributed by atoms with van der Waals surface area (Å²) in [7, 11) is 0.0539. The number of aromatic nitrogens is 1. The Hall–Kier alpha value is -2.70. The standard InChI is InChI=1S/C20H17ClN2O3S/c1-26-16-9-7-15(8-10-16)23-20(24)17-11-12-22-19(21)18(17)27(25)13-14-5-3-2-4-6-14/h2-12H,13H2,1H3,(H,23,24). The molecule has 0 aliphatic carbocycles. The van der Waals surface area contributed by atoms with Crippen molar-refractivity contribution in [2.75, 3.05) is 12.4 Å². The molecule has 0 saturated carbocycles. The first-order valence-electron chi connectivity index (χ1n) is 8.10. The number of hydrogen-bond acceptors (Lipinski definition) is 4. The quantitative estimate of drug-likeness (QED) is 0.626. The summed E-state index contributed by atoms with van der Waals surface area (Å²) in [5.41, 5.74) is 1.71. The van der Waals surface area contributed by atoms with Crippen molar-refractivity contribution in [3.8, 4) is 5.75 Å². The van der Waals surface area contributed by atoms with Crippen LogP contribution in [-0.4, -0.2) is 22.2 Å². The molecule has 0 aliphatic heterocycles. The van der Waals surface area contributed by atoms with E-state index in [9.17, 15) is 9.00 Å². The number of anilines is 1. The summed E-state index contributed by atoms with van der Waals surface area (Å²) in [5.74, 6) is 0.528. The Labute approximate surface area is 164 Å². The molecule has 0 saturated heterocycles. The van der Waals surface area contributed by atoms with Crippen molar-refractivity contribution in [2.24, 2.45) is 0 Å². The van der Waals surface area contributed by atoms with E-state index in [2.05, 4.69) is 10.3 Å². The molecule has 3 aromatic rings. The Kier molecular flexibility index (Phi) is 6.21. The van der Waals surface area contributed by atoms with Crippen molar-refractivity contribution in [3.63, 3.8) is 0 Å². The van der Waals surface area contributed by atoms with Gasteiger partial charge in [0.1, 0.15) is 10.9 Å². The molecule has 5 nitrogen and oxygen atoms in total. The van der Waals surface area contributed by atoms with E-state index >= 15 is 0 Å². The Morgan fingerprint density at radius 1 is 1.11 bits per heavy atom. The summed E-state index contributed by atoms with van der Waals surface area (Å²) in [4.78, 5) is 17.0. The summed E-state index contributed by atoms with van der Waals surface area (Å²) in [6, 6.07) is 17.8. The molecule has 0 spiro atoms. The number of hydrogen-bond donors (Lipinski definition) is 1. The molecular weight excluding hydrogens is 384 g/mol. The van der Waals surface area contributed by atoms with Crippen molar-refractivity contribution in [2.45, 2.75) is 10.6 Å². The zero-order chi connectivity index (χ0) is 19.2. The molecule has 27 heavy (non-hydrogen) atoms. The van der Waals surface area contributed by atoms with Crippen LogP contribution in [0.3, 0.4) is 0 Å². The van der Waals surface area contributed by atoms with E-state index in [1.165, 1.54) is 12.3 Å². The highest BCUT2D eigenvalue weighted by Gasteiger charge is 2.20. The van der Waals surface area contributed by atoms with Gasteiger partial charge in [0.05, 0.1) is 34.1 Å². The minimum absolute atomic E-state index is 0.0617. The van der Waals surface area contributed by atoms with Crippen molar-refractivity contribution in [1.82, 2.24) is 4.98 Å². The van der Waals surface area contributed by atoms with Crippen LogP contribution in [0.5, 0.6) is 5.75 Å². The smallest absolute Gasteiger partial charge is 0.257 e. The lowest BCUT2D eigenvalue weighted by Crippen LogP contribution is -2.16. The average molecular weight is 401 g/mol. The van der Waals surface area contributed by atoms with E-state index in [4.69, 9.17) is 16.3 Å². The molecule has 3 rings (SSSR count). The highest BCUT2D eigenvalue weighted by molar-refractivity contribution is 7.84. The van der Waals surface area contributed by atoms with Crippen LogP contribution in [0.25, 0.3) is 0 Å². The van der Waals surface area contributed by atoms with Crippen LogP contribution in [-0.2, 0) is 16.6 Å². The third kappa shape index (κ3) is 4.72. The van der Waals surface area contributed by atoms with Gasteiger partial charge in [-0.25, -0.2) is 4.98 Å². The van der Waals surface area contributed by atoms with Crippen molar-refractivity contribution < 1.29 is 13.7 Å². The van der Waals surface area contributed by atoms with Crippen LogP contribution in [0.15, 0.2) is 71.8 Å². The number of carbonyl (C=O) groups excluding carboxylic acids is 1. The molecule has 0 radical (unpaired) electrons. The number of pyridine rings is 1. The van der Waals surface area contributed by atoms with Crippen LogP contribution in [0, 0.1) is 0 Å². The molecule has 1 unspecified atom stereocenters. The first-order chi connectivity index (χ1) is 13.1. The summed E-state index contributed by atoms with van der Waals surface area (Å²) >= 11 is 6.18. The topological polar surface area (TPSA) is 68.3 Å². The van der Waals surface area contributed by atoms with Gasteiger partial charge in [-0.1, -0.05) is 41.9 Å². The zero-order valence-corrected chi connectivity index (χ0v) is 16.1. The first kappa shape index (κ1) is 19.1. The Morgan fingerprint density at radius 2 is 1.81 bits per heavy atom. The normalized spacial score (nSPS) is 11.6. The molecule has 0 fully saturated rings. The number of rotatable bonds is 6. The minimum Gasteiger partial charge on any atom is -0.497 e. The van der Waals surface area contributed by atoms with Crippen molar-refractivity contribution in [3.05, 3.63) is 83.1 Å². The monoisotopic (exact) mass is 400 g/mol. The van der Waals surface area contributed by atoms with Gasteiger partial charge in [-0.2, -0.15) is 0 Å². The molecule has 138 valence electrons. The molecule has 1 atom stereocenters. The highest BCUT2D eigenvalue weighted by atomic mass is 35.5. The largest absolute Gasteiger partial charge is 0.497 e. The summed E-state index contributed by atoms with van der Waals surface area (Å²) in [5, 5.41) is 2.84. The Bertz CT molecular complexity index is 963. The second-order valence-corrected chi connectivity index (χ2v) is 7.38. The van der Waals surface area contributed by atoms with Crippen LogP contribution < -0.4 is 10.1 Å². The van der Waals surface area contributed by atoms with Crippen LogP contribution in [0.4, 0.5) is 5.69 Å². The SMILES string of the molecule is COc1ccc(NC(=O)c2ccnc(Cl)c2S(=O)Cc2ccccc2)cc1. The van der Waals surface area contributed by atoms with Gasteiger partial charge in [0.25, 0.3) is 5.91 Å². The van der Waals surface area contributed by atoms with Gasteiger partial charge < -0.3 is 10.1 Å². The number of ether oxygens (including phenoxy) is 1. The van der Waals surface area contributed by atoms with Gasteiger partial charge in [0, 0.05) is 11.9 Å². The van der Waals surface area contributed by atoms with Gasteiger partial charge in [0.2, 0.25) is 0 Å². The fourth-order valence-corrected chi connectivity index (χ4v) is 4.19. The lowest BCUT2D eigenvalue weighted by atomic mass is 10.2. The predicted octanol–water partition coefficient (Wildman–Crippen LogP) is 4.30. The molecule has 2 aromatic carbocycles. The summed E-state index contributed by atoms with van der Waals surface area (Å²) in [6.07, 6.45) is 1.43. The molecule has 7 heteroatoms. The van der Waals surface area contributed by atoms with Gasteiger partial charge in [-0.15, -0.1) is 0 Å². The van der Waals surface area contributed by atoms with E-state index in [0.717, 1.165) is 5.56 Å². The highest BCUT2D eigenvalue weighted by Crippen LogP contribution is 2.25. The predicted molar refractivity (Wildman–Crippen MR) is 107 cm³/mol. The molecule has 1 aromatic heterocycles. The van der Waals surface area contributed by atoms with E-state index in [1.807, 2.05) is 30.3 Å². The lowest BCUT2D eigenvalue weighted by molar-refractivity contribution is 0.102. The Balaban J connectivity index is 1.85. The number of amides is 1. The van der Waals surface area contributed by atoms with E-state index in [-0.39, 0.29) is 21.4 Å². The molecule has 1 amide bonds. The van der Waals surface area contributed by atoms with Crippen LogP contribution >= 0.6 is 11.6 Å². The fraction of sp³-hybridized carbons (Fsp3) is 0.100. The van der Waals surface area contributed by atoms with E-state index in [1.54, 1.807) is 31.4 Å². The van der Waals surface area contributed by atoms with E-state index < -0.39 is 16.7 Å². The van der Waals surface area contributed by atoms with Crippen LogP contribution in [0.1, 0.15) is 15.9 Å². The second-order valence-electron chi connectivity index (χ2n) is 5.64. The summed E-state index contributed by atoms with van der Waals surface area (Å²) < 4.78 is 18.0. The van der Waals surface area contributed by atoms with Crippen molar-refractivity contribution >= 4 is 34.0 Å². The molecule has 1 N–H and O–H groups in total. The zero-order valence-electron chi connectivity index (χ0n) is 14.5. The fourth-order valence-electron chi connectivity index (χ4n) is 2.49. The maximum atomic E-state index is 12.9. The number of nitrogens with zero attached hydrogens (tertiary/aromatic N) is 1.